The SMILES string of the molecule is c1cc(-c2cscn2)cc(-c2c3ccccc3c(-c3cccc(-c4cscn4)c3)c3cc(-c4ccc5ccccc5c4)ccc23)c1. The molecule has 0 bridgehead atoms. The summed E-state index contributed by atoms with van der Waals surface area (Å²) in [6.07, 6.45) is 0. The monoisotopic (exact) mass is 622 g/mol. The van der Waals surface area contributed by atoms with E-state index in [2.05, 4.69) is 154 Å². The zero-order valence-electron chi connectivity index (χ0n) is 24.7. The molecule has 2 nitrogen and oxygen atoms in total. The van der Waals surface area contributed by atoms with Gasteiger partial charge in [0.2, 0.25) is 0 Å². The van der Waals surface area contributed by atoms with Gasteiger partial charge in [-0.05, 0) is 90.0 Å². The van der Waals surface area contributed by atoms with Crippen LogP contribution in [0.4, 0.5) is 0 Å². The molecule has 216 valence electrons. The van der Waals surface area contributed by atoms with Gasteiger partial charge in [-0.2, -0.15) is 0 Å². The van der Waals surface area contributed by atoms with Crippen molar-refractivity contribution in [3.05, 3.63) is 155 Å². The second kappa shape index (κ2) is 11.2. The van der Waals surface area contributed by atoms with E-state index in [4.69, 9.17) is 0 Å². The molecule has 2 heterocycles. The molecule has 0 radical (unpaired) electrons. The van der Waals surface area contributed by atoms with Crippen LogP contribution in [0.15, 0.2) is 155 Å². The van der Waals surface area contributed by atoms with E-state index in [0.29, 0.717) is 0 Å². The third-order valence-electron chi connectivity index (χ3n) is 8.87. The lowest BCUT2D eigenvalue weighted by molar-refractivity contribution is 1.41. The Morgan fingerprint density at radius 2 is 0.870 bits per heavy atom. The Morgan fingerprint density at radius 3 is 1.50 bits per heavy atom. The highest BCUT2D eigenvalue weighted by Crippen LogP contribution is 2.46. The Kier molecular flexibility index (Phi) is 6.55. The van der Waals surface area contributed by atoms with Crippen molar-refractivity contribution in [2.24, 2.45) is 0 Å². The number of nitrogens with zero attached hydrogens (tertiary/aromatic N) is 2. The molecule has 0 spiro atoms. The van der Waals surface area contributed by atoms with Crippen molar-refractivity contribution in [3.8, 4) is 55.9 Å². The molecular weight excluding hydrogens is 597 g/mol. The zero-order chi connectivity index (χ0) is 30.5. The van der Waals surface area contributed by atoms with E-state index in [9.17, 15) is 0 Å². The maximum absolute atomic E-state index is 4.62. The molecule has 0 aliphatic heterocycles. The Hall–Kier alpha value is -5.42. The molecule has 0 unspecified atom stereocenters. The molecule has 2 aromatic heterocycles. The number of benzene rings is 7. The topological polar surface area (TPSA) is 25.8 Å². The average Bonchev–Trinajstić information content (AvgIpc) is 3.86. The summed E-state index contributed by atoms with van der Waals surface area (Å²) in [7, 11) is 0. The first-order valence-corrected chi connectivity index (χ1v) is 17.1. The van der Waals surface area contributed by atoms with E-state index < -0.39 is 0 Å². The largest absolute Gasteiger partial charge is 0.245 e. The number of thiazole rings is 2. The first-order chi connectivity index (χ1) is 22.8. The van der Waals surface area contributed by atoms with Crippen molar-refractivity contribution in [1.29, 1.82) is 0 Å². The van der Waals surface area contributed by atoms with Crippen LogP contribution in [0.2, 0.25) is 0 Å². The van der Waals surface area contributed by atoms with Gasteiger partial charge in [-0.15, -0.1) is 22.7 Å². The third-order valence-corrected chi connectivity index (χ3v) is 10.0. The van der Waals surface area contributed by atoms with Gasteiger partial charge in [-0.3, -0.25) is 0 Å². The molecule has 0 saturated heterocycles. The molecular formula is C42H26N2S2. The van der Waals surface area contributed by atoms with E-state index in [1.54, 1.807) is 22.7 Å². The van der Waals surface area contributed by atoms with Gasteiger partial charge in [0, 0.05) is 21.9 Å². The molecule has 0 atom stereocenters. The van der Waals surface area contributed by atoms with Crippen LogP contribution in [0, 0.1) is 0 Å². The minimum absolute atomic E-state index is 1.01. The maximum Gasteiger partial charge on any atom is 0.0811 e. The van der Waals surface area contributed by atoms with Gasteiger partial charge in [-0.25, -0.2) is 9.97 Å². The molecule has 9 rings (SSSR count). The van der Waals surface area contributed by atoms with Gasteiger partial charge < -0.3 is 0 Å². The van der Waals surface area contributed by atoms with Gasteiger partial charge in [0.1, 0.15) is 0 Å². The summed E-state index contributed by atoms with van der Waals surface area (Å²) in [6, 6.07) is 48.9. The third kappa shape index (κ3) is 4.62. The summed E-state index contributed by atoms with van der Waals surface area (Å²) < 4.78 is 0. The molecule has 0 aliphatic rings. The summed E-state index contributed by atoms with van der Waals surface area (Å²) in [4.78, 5) is 9.23. The molecule has 46 heavy (non-hydrogen) atoms. The second-order valence-electron chi connectivity index (χ2n) is 11.5. The Labute approximate surface area is 274 Å². The van der Waals surface area contributed by atoms with Gasteiger partial charge in [-0.1, -0.05) is 109 Å². The van der Waals surface area contributed by atoms with Crippen LogP contribution in [0.25, 0.3) is 88.2 Å². The summed E-state index contributed by atoms with van der Waals surface area (Å²) in [6.45, 7) is 0. The van der Waals surface area contributed by atoms with Crippen molar-refractivity contribution < 1.29 is 0 Å². The Balaban J connectivity index is 1.36. The average molecular weight is 623 g/mol. The van der Waals surface area contributed by atoms with Crippen LogP contribution in [0.3, 0.4) is 0 Å². The zero-order valence-corrected chi connectivity index (χ0v) is 26.4. The van der Waals surface area contributed by atoms with Crippen molar-refractivity contribution in [2.75, 3.05) is 0 Å². The Morgan fingerprint density at radius 1 is 0.348 bits per heavy atom. The van der Waals surface area contributed by atoms with Crippen molar-refractivity contribution in [1.82, 2.24) is 9.97 Å². The van der Waals surface area contributed by atoms with Gasteiger partial charge >= 0.3 is 0 Å². The number of hydrogen-bond acceptors (Lipinski definition) is 4. The van der Waals surface area contributed by atoms with E-state index in [1.165, 1.54) is 65.7 Å². The van der Waals surface area contributed by atoms with Crippen molar-refractivity contribution >= 4 is 55.0 Å². The fraction of sp³-hybridized carbons (Fsp3) is 0. The highest BCUT2D eigenvalue weighted by molar-refractivity contribution is 7.08. The highest BCUT2D eigenvalue weighted by Gasteiger charge is 2.19. The maximum atomic E-state index is 4.62. The molecule has 0 amide bonds. The quantitative estimate of drug-likeness (QED) is 0.178. The fourth-order valence-corrected chi connectivity index (χ4v) is 7.85. The van der Waals surface area contributed by atoms with Gasteiger partial charge in [0.05, 0.1) is 22.4 Å². The van der Waals surface area contributed by atoms with Crippen LogP contribution in [0.5, 0.6) is 0 Å². The first kappa shape index (κ1) is 26.9. The number of rotatable bonds is 5. The van der Waals surface area contributed by atoms with Crippen LogP contribution in [-0.2, 0) is 0 Å². The molecule has 4 heteroatoms. The van der Waals surface area contributed by atoms with Gasteiger partial charge in [0.15, 0.2) is 0 Å². The smallest absolute Gasteiger partial charge is 0.0811 e. The summed E-state index contributed by atoms with van der Waals surface area (Å²) in [5, 5.41) is 11.7. The van der Waals surface area contributed by atoms with Crippen LogP contribution < -0.4 is 0 Å². The second-order valence-corrected chi connectivity index (χ2v) is 13.0. The van der Waals surface area contributed by atoms with Crippen molar-refractivity contribution in [3.63, 3.8) is 0 Å². The fourth-order valence-electron chi connectivity index (χ4n) is 6.73. The molecule has 0 aliphatic carbocycles. The number of fused-ring (bicyclic) bond motifs is 3. The molecule has 0 fully saturated rings. The van der Waals surface area contributed by atoms with Crippen LogP contribution in [0.1, 0.15) is 0 Å². The summed E-state index contributed by atoms with van der Waals surface area (Å²) >= 11 is 3.25. The first-order valence-electron chi connectivity index (χ1n) is 15.3. The molecule has 7 aromatic carbocycles. The predicted octanol–water partition coefficient (Wildman–Crippen LogP) is 12.4. The van der Waals surface area contributed by atoms with Crippen LogP contribution in [-0.4, -0.2) is 9.97 Å². The number of hydrogen-bond donors (Lipinski definition) is 0. The normalized spacial score (nSPS) is 11.5. The molecule has 9 aromatic rings. The van der Waals surface area contributed by atoms with Crippen molar-refractivity contribution in [2.45, 2.75) is 0 Å². The van der Waals surface area contributed by atoms with E-state index in [1.807, 2.05) is 11.0 Å². The standard InChI is InChI=1S/C42H26N2S2/c1-2-8-28-19-29(16-15-27(28)7-1)30-17-18-37-38(22-30)42(34-12-6-10-32(21-34)40-24-46-26-44-40)36-14-4-3-13-35(36)41(37)33-11-5-9-31(20-33)39-23-45-25-43-39/h1-26H. The lowest BCUT2D eigenvalue weighted by Crippen LogP contribution is -1.92. The van der Waals surface area contributed by atoms with Gasteiger partial charge in [0.25, 0.3) is 0 Å². The van der Waals surface area contributed by atoms with E-state index >= 15 is 0 Å². The van der Waals surface area contributed by atoms with E-state index in [0.717, 1.165) is 22.5 Å². The molecule has 0 saturated carbocycles. The van der Waals surface area contributed by atoms with Crippen LogP contribution >= 0.6 is 22.7 Å². The minimum Gasteiger partial charge on any atom is -0.245 e. The summed E-state index contributed by atoms with van der Waals surface area (Å²) in [5.74, 6) is 0. The predicted molar refractivity (Wildman–Crippen MR) is 197 cm³/mol. The van der Waals surface area contributed by atoms with E-state index in [-0.39, 0.29) is 0 Å². The lowest BCUT2D eigenvalue weighted by atomic mass is 9.84. The molecule has 0 N–H and O–H groups in total. The summed E-state index contributed by atoms with van der Waals surface area (Å²) in [5.41, 5.74) is 15.3. The lowest BCUT2D eigenvalue weighted by Gasteiger charge is -2.19. The number of aromatic nitrogens is 2. The minimum atomic E-state index is 1.01. The Bertz CT molecular complexity index is 2530. The highest BCUT2D eigenvalue weighted by atomic mass is 32.1.